The van der Waals surface area contributed by atoms with Crippen molar-refractivity contribution in [1.82, 2.24) is 14.9 Å². The van der Waals surface area contributed by atoms with E-state index in [1.165, 1.54) is 12.0 Å². The van der Waals surface area contributed by atoms with Crippen LogP contribution >= 0.6 is 11.3 Å². The first-order valence-electron chi connectivity index (χ1n) is 8.63. The van der Waals surface area contributed by atoms with Gasteiger partial charge in [-0.05, 0) is 30.9 Å². The molecule has 0 saturated carbocycles. The van der Waals surface area contributed by atoms with E-state index in [1.807, 2.05) is 23.1 Å². The first kappa shape index (κ1) is 16.0. The summed E-state index contributed by atoms with van der Waals surface area (Å²) >= 11 is 1.64. The molecule has 3 heterocycles. The number of carbonyl (C=O) groups excluding carboxylic acids is 1. The van der Waals surface area contributed by atoms with Crippen LogP contribution in [-0.4, -0.2) is 40.4 Å². The summed E-state index contributed by atoms with van der Waals surface area (Å²) in [5, 5.41) is 4.18. The van der Waals surface area contributed by atoms with Gasteiger partial charge in [-0.3, -0.25) is 4.79 Å². The lowest BCUT2D eigenvalue weighted by Gasteiger charge is -2.26. The largest absolute Gasteiger partial charge is 0.360 e. The highest BCUT2D eigenvalue weighted by Gasteiger charge is 2.17. The summed E-state index contributed by atoms with van der Waals surface area (Å²) in [5.41, 5.74) is 1.17. The Balaban J connectivity index is 1.53. The lowest BCUT2D eigenvalue weighted by atomic mass is 10.1. The van der Waals surface area contributed by atoms with Crippen LogP contribution in [0.5, 0.6) is 0 Å². The highest BCUT2D eigenvalue weighted by atomic mass is 32.1. The first-order valence-corrected chi connectivity index (χ1v) is 9.44. The van der Waals surface area contributed by atoms with E-state index >= 15 is 0 Å². The maximum atomic E-state index is 12.4. The van der Waals surface area contributed by atoms with E-state index in [0.29, 0.717) is 0 Å². The molecule has 0 spiro atoms. The Morgan fingerprint density at radius 2 is 1.92 bits per heavy atom. The van der Waals surface area contributed by atoms with E-state index in [0.717, 1.165) is 46.8 Å². The molecule has 0 unspecified atom stereocenters. The molecule has 0 aliphatic carbocycles. The number of nitrogens with one attached hydrogen (secondary N) is 1. The number of likely N-dealkylation sites (tertiary alicyclic amines) is 1. The SMILES string of the molecule is O=C(CNc1ncnc2sc(-c3ccccc3)cc12)N1CCCCC1. The van der Waals surface area contributed by atoms with Gasteiger partial charge in [-0.1, -0.05) is 30.3 Å². The van der Waals surface area contributed by atoms with Gasteiger partial charge in [0.1, 0.15) is 17.0 Å². The van der Waals surface area contributed by atoms with Crippen molar-refractivity contribution < 1.29 is 4.79 Å². The Morgan fingerprint density at radius 1 is 1.12 bits per heavy atom. The molecule has 6 heteroatoms. The molecule has 0 bridgehead atoms. The molecule has 1 aromatic carbocycles. The first-order chi connectivity index (χ1) is 12.3. The maximum absolute atomic E-state index is 12.4. The van der Waals surface area contributed by atoms with Gasteiger partial charge in [-0.2, -0.15) is 0 Å². The molecular formula is C19H20N4OS. The number of anilines is 1. The van der Waals surface area contributed by atoms with E-state index in [2.05, 4.69) is 33.5 Å². The number of fused-ring (bicyclic) bond motifs is 1. The van der Waals surface area contributed by atoms with Crippen LogP contribution in [0.4, 0.5) is 5.82 Å². The minimum atomic E-state index is 0.143. The fourth-order valence-corrected chi connectivity index (χ4v) is 4.16. The van der Waals surface area contributed by atoms with Crippen molar-refractivity contribution in [3.05, 3.63) is 42.7 Å². The molecule has 0 atom stereocenters. The number of rotatable bonds is 4. The molecule has 1 aliphatic rings. The van der Waals surface area contributed by atoms with Crippen molar-refractivity contribution in [2.75, 3.05) is 25.0 Å². The van der Waals surface area contributed by atoms with E-state index in [4.69, 9.17) is 0 Å². The second-order valence-corrected chi connectivity index (χ2v) is 7.24. The zero-order valence-corrected chi connectivity index (χ0v) is 14.8. The minimum absolute atomic E-state index is 0.143. The number of aromatic nitrogens is 2. The molecule has 1 N–H and O–H groups in total. The smallest absolute Gasteiger partial charge is 0.241 e. The van der Waals surface area contributed by atoms with Crippen LogP contribution in [0.2, 0.25) is 0 Å². The molecule has 3 aromatic rings. The molecule has 1 aliphatic heterocycles. The monoisotopic (exact) mass is 352 g/mol. The Morgan fingerprint density at radius 3 is 2.72 bits per heavy atom. The second-order valence-electron chi connectivity index (χ2n) is 6.21. The maximum Gasteiger partial charge on any atom is 0.241 e. The third-order valence-corrected chi connectivity index (χ3v) is 5.60. The molecule has 0 radical (unpaired) electrons. The van der Waals surface area contributed by atoms with Crippen molar-refractivity contribution in [3.8, 4) is 10.4 Å². The zero-order chi connectivity index (χ0) is 17.1. The van der Waals surface area contributed by atoms with Gasteiger partial charge >= 0.3 is 0 Å². The summed E-state index contributed by atoms with van der Waals surface area (Å²) in [6.45, 7) is 2.02. The summed E-state index contributed by atoms with van der Waals surface area (Å²) in [6.07, 6.45) is 4.99. The molecule has 1 fully saturated rings. The number of hydrogen-bond donors (Lipinski definition) is 1. The van der Waals surface area contributed by atoms with Gasteiger partial charge in [-0.15, -0.1) is 11.3 Å². The molecule has 1 amide bonds. The summed E-state index contributed by atoms with van der Waals surface area (Å²) in [6, 6.07) is 12.3. The predicted molar refractivity (Wildman–Crippen MR) is 102 cm³/mol. The number of benzene rings is 1. The van der Waals surface area contributed by atoms with Crippen molar-refractivity contribution >= 4 is 33.3 Å². The molecule has 128 valence electrons. The van der Waals surface area contributed by atoms with Gasteiger partial charge in [-0.25, -0.2) is 9.97 Å². The van der Waals surface area contributed by atoms with E-state index in [-0.39, 0.29) is 12.5 Å². The van der Waals surface area contributed by atoms with Gasteiger partial charge < -0.3 is 10.2 Å². The number of nitrogens with zero attached hydrogens (tertiary/aromatic N) is 3. The van der Waals surface area contributed by atoms with Crippen molar-refractivity contribution in [1.29, 1.82) is 0 Å². The molecular weight excluding hydrogens is 332 g/mol. The molecule has 4 rings (SSSR count). The lowest BCUT2D eigenvalue weighted by molar-refractivity contribution is -0.130. The van der Waals surface area contributed by atoms with Gasteiger partial charge in [0.05, 0.1) is 11.9 Å². The van der Waals surface area contributed by atoms with Gasteiger partial charge in [0.15, 0.2) is 0 Å². The third kappa shape index (κ3) is 3.49. The summed E-state index contributed by atoms with van der Waals surface area (Å²) in [4.78, 5) is 25.1. The van der Waals surface area contributed by atoms with Crippen molar-refractivity contribution in [3.63, 3.8) is 0 Å². The Bertz CT molecular complexity index is 872. The van der Waals surface area contributed by atoms with Crippen LogP contribution in [0.1, 0.15) is 19.3 Å². The fraction of sp³-hybridized carbons (Fsp3) is 0.316. The Hall–Kier alpha value is -2.47. The Labute approximate surface area is 150 Å². The van der Waals surface area contributed by atoms with Crippen LogP contribution < -0.4 is 5.32 Å². The van der Waals surface area contributed by atoms with Crippen molar-refractivity contribution in [2.24, 2.45) is 0 Å². The normalized spacial score (nSPS) is 14.6. The summed E-state index contributed by atoms with van der Waals surface area (Å²) in [5.74, 6) is 0.874. The standard InChI is InChI=1S/C19H20N4OS/c24-17(23-9-5-2-6-10-23)12-20-18-15-11-16(14-7-3-1-4-8-14)25-19(15)22-13-21-18/h1,3-4,7-8,11,13H,2,5-6,9-10,12H2,(H,20,21,22). The number of piperidine rings is 1. The van der Waals surface area contributed by atoms with Gasteiger partial charge in [0, 0.05) is 18.0 Å². The van der Waals surface area contributed by atoms with E-state index in [9.17, 15) is 4.79 Å². The average Bonchev–Trinajstić information content (AvgIpc) is 3.12. The highest BCUT2D eigenvalue weighted by molar-refractivity contribution is 7.21. The van der Waals surface area contributed by atoms with Crippen LogP contribution in [0.3, 0.4) is 0 Å². The molecule has 25 heavy (non-hydrogen) atoms. The highest BCUT2D eigenvalue weighted by Crippen LogP contribution is 2.34. The van der Waals surface area contributed by atoms with E-state index < -0.39 is 0 Å². The molecule has 5 nitrogen and oxygen atoms in total. The summed E-state index contributed by atoms with van der Waals surface area (Å²) < 4.78 is 0. The van der Waals surface area contributed by atoms with Crippen LogP contribution in [0, 0.1) is 0 Å². The number of carbonyl (C=O) groups is 1. The van der Waals surface area contributed by atoms with E-state index in [1.54, 1.807) is 17.7 Å². The fourth-order valence-electron chi connectivity index (χ4n) is 3.16. The van der Waals surface area contributed by atoms with Gasteiger partial charge in [0.2, 0.25) is 5.91 Å². The minimum Gasteiger partial charge on any atom is -0.360 e. The summed E-state index contributed by atoms with van der Waals surface area (Å²) in [7, 11) is 0. The Kier molecular flexibility index (Phi) is 4.61. The van der Waals surface area contributed by atoms with Crippen LogP contribution in [0.15, 0.2) is 42.7 Å². The number of hydrogen-bond acceptors (Lipinski definition) is 5. The third-order valence-electron chi connectivity index (χ3n) is 4.50. The van der Waals surface area contributed by atoms with Crippen molar-refractivity contribution in [2.45, 2.75) is 19.3 Å². The average molecular weight is 352 g/mol. The van der Waals surface area contributed by atoms with Gasteiger partial charge in [0.25, 0.3) is 0 Å². The second kappa shape index (κ2) is 7.19. The lowest BCUT2D eigenvalue weighted by Crippen LogP contribution is -2.39. The predicted octanol–water partition coefficient (Wildman–Crippen LogP) is 3.78. The van der Waals surface area contributed by atoms with Crippen LogP contribution in [0.25, 0.3) is 20.7 Å². The quantitative estimate of drug-likeness (QED) is 0.776. The zero-order valence-electron chi connectivity index (χ0n) is 13.9. The van der Waals surface area contributed by atoms with Crippen LogP contribution in [-0.2, 0) is 4.79 Å². The molecule has 1 saturated heterocycles. The number of thiophene rings is 1. The number of amides is 1. The molecule has 2 aromatic heterocycles. The topological polar surface area (TPSA) is 58.1 Å².